The molecule has 3 fully saturated rings. The number of carboxylic acid groups (broad SMARTS) is 1. The van der Waals surface area contributed by atoms with Crippen molar-refractivity contribution >= 4 is 52.6 Å². The Morgan fingerprint density at radius 2 is 1.58 bits per heavy atom. The van der Waals surface area contributed by atoms with Gasteiger partial charge in [-0.25, -0.2) is 14.6 Å². The second-order valence-corrected chi connectivity index (χ2v) is 14.4. The van der Waals surface area contributed by atoms with E-state index in [1.54, 1.807) is 60.7 Å². The first kappa shape index (κ1) is 34.1. The molecule has 1 saturated carbocycles. The Balaban J connectivity index is 1.35. The van der Waals surface area contributed by atoms with E-state index in [4.69, 9.17) is 11.6 Å². The molecule has 4 aromatic carbocycles. The molecule has 0 radical (unpaired) electrons. The summed E-state index contributed by atoms with van der Waals surface area (Å²) in [7, 11) is 0. The number of aromatic carboxylic acids is 1. The zero-order chi connectivity index (χ0) is 37.3. The van der Waals surface area contributed by atoms with Crippen LogP contribution in [0.2, 0.25) is 5.02 Å². The summed E-state index contributed by atoms with van der Waals surface area (Å²) in [5.41, 5.74) is 0.579. The van der Waals surface area contributed by atoms with Gasteiger partial charge in [-0.3, -0.25) is 19.2 Å². The lowest BCUT2D eigenvalue weighted by Gasteiger charge is -2.50. The molecular formula is C42H33ClN2O8. The number of nitrogens with zero attached hydrogens (tertiary/aromatic N) is 2. The molecule has 6 atom stereocenters. The highest BCUT2D eigenvalue weighted by molar-refractivity contribution is 6.32. The van der Waals surface area contributed by atoms with Crippen LogP contribution in [0.5, 0.6) is 11.5 Å². The van der Waals surface area contributed by atoms with Crippen molar-refractivity contribution in [2.75, 3.05) is 9.80 Å². The zero-order valence-electron chi connectivity index (χ0n) is 28.2. The summed E-state index contributed by atoms with van der Waals surface area (Å²) >= 11 is 6.39. The maximum atomic E-state index is 15.4. The van der Waals surface area contributed by atoms with Gasteiger partial charge in [-0.05, 0) is 66.6 Å². The normalized spacial score (nSPS) is 26.2. The number of rotatable bonds is 7. The largest absolute Gasteiger partial charge is 0.507 e. The monoisotopic (exact) mass is 728 g/mol. The van der Waals surface area contributed by atoms with Crippen LogP contribution in [0.3, 0.4) is 0 Å². The molecule has 2 saturated heterocycles. The third kappa shape index (κ3) is 4.89. The van der Waals surface area contributed by atoms with Crippen LogP contribution in [-0.2, 0) is 31.0 Å². The molecule has 266 valence electrons. The fourth-order valence-corrected chi connectivity index (χ4v) is 9.53. The summed E-state index contributed by atoms with van der Waals surface area (Å²) in [6.45, 7) is 3.84. The van der Waals surface area contributed by atoms with E-state index in [-0.39, 0.29) is 29.8 Å². The maximum absolute atomic E-state index is 15.4. The Morgan fingerprint density at radius 3 is 2.28 bits per heavy atom. The van der Waals surface area contributed by atoms with Crippen molar-refractivity contribution in [3.63, 3.8) is 0 Å². The Kier molecular flexibility index (Phi) is 8.10. The topological polar surface area (TPSA) is 153 Å². The van der Waals surface area contributed by atoms with E-state index in [1.165, 1.54) is 6.07 Å². The SMILES string of the molecule is C=CCc1cccc(C2C3=CCC4C(=O)N(c5ccc(C(=O)O)c(O)c5)C(=O)C4C3CC3C(=O)N(c4cccc(Cl)c4)C(=O)C32c2ccccc2)c1O. The number of aromatic hydroxyl groups is 2. The summed E-state index contributed by atoms with van der Waals surface area (Å²) in [6, 6.07) is 24.3. The predicted molar refractivity (Wildman–Crippen MR) is 196 cm³/mol. The number of fused-ring (bicyclic) bond motifs is 4. The highest BCUT2D eigenvalue weighted by Gasteiger charge is 2.70. The van der Waals surface area contributed by atoms with Gasteiger partial charge < -0.3 is 15.3 Å². The molecular weight excluding hydrogens is 696 g/mol. The average Bonchev–Trinajstić information content (AvgIpc) is 3.53. The molecule has 2 aliphatic heterocycles. The van der Waals surface area contributed by atoms with Gasteiger partial charge in [0.2, 0.25) is 23.6 Å². The van der Waals surface area contributed by atoms with Crippen LogP contribution in [0.1, 0.15) is 45.8 Å². The number of anilines is 2. The summed E-state index contributed by atoms with van der Waals surface area (Å²) in [5.74, 6) is -8.50. The number of amides is 4. The molecule has 0 aromatic heterocycles. The Hall–Kier alpha value is -6.00. The first-order valence-electron chi connectivity index (χ1n) is 17.3. The summed E-state index contributed by atoms with van der Waals surface area (Å²) in [6.07, 6.45) is 4.06. The number of halogens is 1. The van der Waals surface area contributed by atoms with E-state index in [1.807, 2.05) is 24.3 Å². The average molecular weight is 729 g/mol. The van der Waals surface area contributed by atoms with Gasteiger partial charge in [-0.15, -0.1) is 6.58 Å². The fourth-order valence-electron chi connectivity index (χ4n) is 9.35. The van der Waals surface area contributed by atoms with Gasteiger partial charge >= 0.3 is 5.97 Å². The van der Waals surface area contributed by atoms with Crippen LogP contribution in [0, 0.1) is 23.7 Å². The molecule has 4 aromatic rings. The fraction of sp³-hybridized carbons (Fsp3) is 0.214. The highest BCUT2D eigenvalue weighted by atomic mass is 35.5. The lowest BCUT2D eigenvalue weighted by atomic mass is 9.49. The number of phenolic OH excluding ortho intramolecular Hbond substituents is 1. The van der Waals surface area contributed by atoms with Gasteiger partial charge in [0, 0.05) is 22.6 Å². The van der Waals surface area contributed by atoms with Gasteiger partial charge in [0.1, 0.15) is 17.1 Å². The molecule has 2 aliphatic carbocycles. The number of para-hydroxylation sites is 1. The Bertz CT molecular complexity index is 2300. The zero-order valence-corrected chi connectivity index (χ0v) is 28.9. The lowest BCUT2D eigenvalue weighted by molar-refractivity contribution is -0.127. The van der Waals surface area contributed by atoms with Gasteiger partial charge in [0.15, 0.2) is 0 Å². The van der Waals surface area contributed by atoms with E-state index in [0.29, 0.717) is 39.4 Å². The second-order valence-electron chi connectivity index (χ2n) is 14.0. The summed E-state index contributed by atoms with van der Waals surface area (Å²) in [4.78, 5) is 72.6. The smallest absolute Gasteiger partial charge is 0.339 e. The maximum Gasteiger partial charge on any atom is 0.339 e. The predicted octanol–water partition coefficient (Wildman–Crippen LogP) is 6.54. The van der Waals surface area contributed by atoms with Gasteiger partial charge in [0.05, 0.1) is 34.5 Å². The molecule has 4 aliphatic rings. The molecule has 53 heavy (non-hydrogen) atoms. The van der Waals surface area contributed by atoms with E-state index in [2.05, 4.69) is 6.58 Å². The molecule has 2 heterocycles. The number of carboxylic acids is 1. The van der Waals surface area contributed by atoms with Crippen molar-refractivity contribution in [2.24, 2.45) is 23.7 Å². The van der Waals surface area contributed by atoms with Crippen molar-refractivity contribution < 1.29 is 39.3 Å². The van der Waals surface area contributed by atoms with Gasteiger partial charge in [-0.1, -0.05) is 83.9 Å². The molecule has 6 unspecified atom stereocenters. The van der Waals surface area contributed by atoms with Crippen LogP contribution < -0.4 is 9.80 Å². The minimum atomic E-state index is -1.57. The number of carbonyl (C=O) groups excluding carboxylic acids is 4. The summed E-state index contributed by atoms with van der Waals surface area (Å²) < 4.78 is 0. The standard InChI is InChI=1S/C42H33ClN2O8/c1-2-8-22-9-6-14-30(36(22)47)35-27-17-18-29-34(39(50)44(37(29)48)26-15-16-28(40(51)52)33(46)20-26)31(27)21-32-38(49)45(25-13-7-12-24(43)19-25)41(53)42(32,35)23-10-4-3-5-11-23/h2-7,9-17,19-20,29,31-32,34-35,46-47H,1,8,18,21H2,(H,51,52). The minimum absolute atomic E-state index is 0.0264. The molecule has 8 rings (SSSR count). The second kappa shape index (κ2) is 12.6. The van der Waals surface area contributed by atoms with Gasteiger partial charge in [0.25, 0.3) is 0 Å². The third-order valence-corrected chi connectivity index (χ3v) is 11.7. The van der Waals surface area contributed by atoms with E-state index in [0.717, 1.165) is 21.9 Å². The first-order valence-corrected chi connectivity index (χ1v) is 17.6. The van der Waals surface area contributed by atoms with Crippen LogP contribution in [0.15, 0.2) is 115 Å². The van der Waals surface area contributed by atoms with Crippen molar-refractivity contribution in [1.29, 1.82) is 0 Å². The van der Waals surface area contributed by atoms with Crippen molar-refractivity contribution in [3.05, 3.63) is 143 Å². The highest BCUT2D eigenvalue weighted by Crippen LogP contribution is 2.65. The van der Waals surface area contributed by atoms with Crippen LogP contribution in [0.4, 0.5) is 11.4 Å². The van der Waals surface area contributed by atoms with E-state index in [9.17, 15) is 34.5 Å². The Labute approximate surface area is 309 Å². The Morgan fingerprint density at radius 1 is 0.849 bits per heavy atom. The number of hydrogen-bond donors (Lipinski definition) is 3. The van der Waals surface area contributed by atoms with Crippen molar-refractivity contribution in [1.82, 2.24) is 0 Å². The number of allylic oxidation sites excluding steroid dienone is 3. The number of imide groups is 2. The van der Waals surface area contributed by atoms with Crippen molar-refractivity contribution in [2.45, 2.75) is 30.6 Å². The molecule has 4 amide bonds. The molecule has 0 spiro atoms. The van der Waals surface area contributed by atoms with Crippen LogP contribution >= 0.6 is 11.6 Å². The van der Waals surface area contributed by atoms with Crippen LogP contribution in [-0.4, -0.2) is 44.9 Å². The molecule has 3 N–H and O–H groups in total. The van der Waals surface area contributed by atoms with E-state index >= 15 is 4.79 Å². The number of hydrogen-bond acceptors (Lipinski definition) is 7. The third-order valence-electron chi connectivity index (χ3n) is 11.5. The van der Waals surface area contributed by atoms with Gasteiger partial charge in [-0.2, -0.15) is 0 Å². The number of phenols is 2. The number of carbonyl (C=O) groups is 5. The minimum Gasteiger partial charge on any atom is -0.507 e. The first-order chi connectivity index (χ1) is 25.5. The van der Waals surface area contributed by atoms with Crippen molar-refractivity contribution in [3.8, 4) is 11.5 Å². The summed E-state index contributed by atoms with van der Waals surface area (Å²) in [5, 5.41) is 32.2. The molecule has 10 nitrogen and oxygen atoms in total. The quantitative estimate of drug-likeness (QED) is 0.143. The van der Waals surface area contributed by atoms with Crippen LogP contribution in [0.25, 0.3) is 0 Å². The number of benzene rings is 4. The molecule has 0 bridgehead atoms. The molecule has 11 heteroatoms. The van der Waals surface area contributed by atoms with E-state index < -0.39 is 70.4 Å². The lowest BCUT2D eigenvalue weighted by Crippen LogP contribution is -2.53.